The fourth-order valence-electron chi connectivity index (χ4n) is 1.44. The summed E-state index contributed by atoms with van der Waals surface area (Å²) in [6.45, 7) is 2.54. The van der Waals surface area contributed by atoms with Crippen molar-refractivity contribution in [1.29, 1.82) is 0 Å². The first-order valence-electron chi connectivity index (χ1n) is 5.63. The Morgan fingerprint density at radius 2 is 2.12 bits per heavy atom. The highest BCUT2D eigenvalue weighted by atomic mass is 35.5. The van der Waals surface area contributed by atoms with E-state index in [1.165, 1.54) is 6.26 Å². The van der Waals surface area contributed by atoms with Gasteiger partial charge in [-0.3, -0.25) is 4.79 Å². The Balaban J connectivity index is 2.11. The normalized spacial score (nSPS) is 10.4. The number of aryl methyl sites for hydroxylation is 1. The minimum Gasteiger partial charge on any atom is -0.469 e. The van der Waals surface area contributed by atoms with E-state index in [1.54, 1.807) is 6.07 Å². The molecule has 0 unspecified atom stereocenters. The van der Waals surface area contributed by atoms with Crippen LogP contribution >= 0.6 is 11.6 Å². The van der Waals surface area contributed by atoms with E-state index in [9.17, 15) is 4.79 Å². The Bertz CT molecular complexity index is 323. The quantitative estimate of drug-likeness (QED) is 0.591. The van der Waals surface area contributed by atoms with Crippen molar-refractivity contribution in [2.24, 2.45) is 0 Å². The van der Waals surface area contributed by atoms with Gasteiger partial charge in [-0.2, -0.15) is 0 Å². The zero-order valence-electron chi connectivity index (χ0n) is 9.59. The lowest BCUT2D eigenvalue weighted by Crippen LogP contribution is -2.23. The molecule has 90 valence electrons. The third-order valence-electron chi connectivity index (χ3n) is 2.34. The second-order valence-electron chi connectivity index (χ2n) is 3.81. The van der Waals surface area contributed by atoms with Crippen molar-refractivity contribution in [2.75, 3.05) is 12.4 Å². The molecule has 0 aliphatic rings. The standard InChI is InChI=1S/C12H18ClNO2/c1-10-8-11(9-16-10)12(15)14-7-5-3-2-4-6-13/h8-9H,2-7H2,1H3,(H,14,15). The topological polar surface area (TPSA) is 42.2 Å². The summed E-state index contributed by atoms with van der Waals surface area (Å²) in [7, 11) is 0. The van der Waals surface area contributed by atoms with Crippen molar-refractivity contribution in [2.45, 2.75) is 32.6 Å². The number of amides is 1. The van der Waals surface area contributed by atoms with E-state index in [0.717, 1.165) is 37.3 Å². The number of furan rings is 1. The molecule has 1 aromatic rings. The molecule has 0 aliphatic heterocycles. The number of alkyl halides is 1. The summed E-state index contributed by atoms with van der Waals surface area (Å²) >= 11 is 5.57. The number of rotatable bonds is 7. The summed E-state index contributed by atoms with van der Waals surface area (Å²) in [5.41, 5.74) is 0.596. The Labute approximate surface area is 101 Å². The highest BCUT2D eigenvalue weighted by molar-refractivity contribution is 6.17. The molecule has 0 bridgehead atoms. The molecule has 1 N–H and O–H groups in total. The highest BCUT2D eigenvalue weighted by Gasteiger charge is 2.06. The van der Waals surface area contributed by atoms with Gasteiger partial charge in [0.2, 0.25) is 0 Å². The summed E-state index contributed by atoms with van der Waals surface area (Å²) in [6.07, 6.45) is 5.77. The Hall–Kier alpha value is -0.960. The van der Waals surface area contributed by atoms with E-state index in [1.807, 2.05) is 6.92 Å². The smallest absolute Gasteiger partial charge is 0.254 e. The van der Waals surface area contributed by atoms with Gasteiger partial charge in [0.05, 0.1) is 5.56 Å². The molecule has 1 amide bonds. The maximum atomic E-state index is 11.6. The lowest BCUT2D eigenvalue weighted by atomic mass is 10.2. The second-order valence-corrected chi connectivity index (χ2v) is 4.18. The number of hydrogen-bond acceptors (Lipinski definition) is 2. The van der Waals surface area contributed by atoms with Crippen molar-refractivity contribution in [1.82, 2.24) is 5.32 Å². The van der Waals surface area contributed by atoms with Crippen LogP contribution < -0.4 is 5.32 Å². The van der Waals surface area contributed by atoms with Crippen LogP contribution in [0.3, 0.4) is 0 Å². The van der Waals surface area contributed by atoms with Gasteiger partial charge in [-0.1, -0.05) is 12.8 Å². The molecule has 4 heteroatoms. The fourth-order valence-corrected chi connectivity index (χ4v) is 1.63. The van der Waals surface area contributed by atoms with Gasteiger partial charge < -0.3 is 9.73 Å². The van der Waals surface area contributed by atoms with Crippen molar-refractivity contribution in [3.63, 3.8) is 0 Å². The molecule has 1 aromatic heterocycles. The van der Waals surface area contributed by atoms with Crippen molar-refractivity contribution in [3.8, 4) is 0 Å². The van der Waals surface area contributed by atoms with Crippen LogP contribution in [0.1, 0.15) is 41.8 Å². The average molecular weight is 244 g/mol. The van der Waals surface area contributed by atoms with Crippen LogP contribution in [0, 0.1) is 6.92 Å². The van der Waals surface area contributed by atoms with Crippen molar-refractivity contribution >= 4 is 17.5 Å². The van der Waals surface area contributed by atoms with E-state index in [0.29, 0.717) is 12.1 Å². The van der Waals surface area contributed by atoms with Gasteiger partial charge in [0.25, 0.3) is 5.91 Å². The number of nitrogens with one attached hydrogen (secondary N) is 1. The largest absolute Gasteiger partial charge is 0.469 e. The SMILES string of the molecule is Cc1cc(C(=O)NCCCCCCCl)co1. The molecule has 0 fully saturated rings. The van der Waals surface area contributed by atoms with Crippen LogP contribution in [0.15, 0.2) is 16.7 Å². The maximum absolute atomic E-state index is 11.6. The molecule has 3 nitrogen and oxygen atoms in total. The highest BCUT2D eigenvalue weighted by Crippen LogP contribution is 2.06. The Kier molecular flexibility index (Phi) is 6.01. The van der Waals surface area contributed by atoms with Crippen LogP contribution in [-0.4, -0.2) is 18.3 Å². The van der Waals surface area contributed by atoms with Crippen LogP contribution in [0.5, 0.6) is 0 Å². The number of carbonyl (C=O) groups is 1. The molecule has 16 heavy (non-hydrogen) atoms. The zero-order valence-corrected chi connectivity index (χ0v) is 10.3. The van der Waals surface area contributed by atoms with Crippen LogP contribution in [-0.2, 0) is 0 Å². The molecule has 0 radical (unpaired) electrons. The second kappa shape index (κ2) is 7.34. The minimum absolute atomic E-state index is 0.0609. The molecule has 0 aliphatic carbocycles. The van der Waals surface area contributed by atoms with Crippen LogP contribution in [0.2, 0.25) is 0 Å². The third kappa shape index (κ3) is 4.71. The van der Waals surface area contributed by atoms with E-state index in [4.69, 9.17) is 16.0 Å². The van der Waals surface area contributed by atoms with Crippen molar-refractivity contribution < 1.29 is 9.21 Å². The Morgan fingerprint density at radius 1 is 1.38 bits per heavy atom. The van der Waals surface area contributed by atoms with E-state index < -0.39 is 0 Å². The van der Waals surface area contributed by atoms with Crippen molar-refractivity contribution in [3.05, 3.63) is 23.7 Å². The van der Waals surface area contributed by atoms with Gasteiger partial charge in [-0.15, -0.1) is 11.6 Å². The number of hydrogen-bond donors (Lipinski definition) is 1. The lowest BCUT2D eigenvalue weighted by Gasteiger charge is -2.02. The summed E-state index contributed by atoms with van der Waals surface area (Å²) in [4.78, 5) is 11.6. The molecular formula is C12H18ClNO2. The molecule has 1 heterocycles. The first kappa shape index (κ1) is 13.1. The van der Waals surface area contributed by atoms with Gasteiger partial charge in [0, 0.05) is 12.4 Å². The molecule has 0 saturated heterocycles. The number of carbonyl (C=O) groups excluding carboxylic acids is 1. The first-order chi connectivity index (χ1) is 7.74. The summed E-state index contributed by atoms with van der Waals surface area (Å²) < 4.78 is 5.07. The molecule has 1 rings (SSSR count). The molecule has 0 aromatic carbocycles. The summed E-state index contributed by atoms with van der Waals surface area (Å²) in [5, 5.41) is 2.86. The van der Waals surface area contributed by atoms with E-state index >= 15 is 0 Å². The van der Waals surface area contributed by atoms with Gasteiger partial charge in [-0.05, 0) is 25.8 Å². The average Bonchev–Trinajstić information content (AvgIpc) is 2.70. The van der Waals surface area contributed by atoms with Gasteiger partial charge in [0.1, 0.15) is 12.0 Å². The number of unbranched alkanes of at least 4 members (excludes halogenated alkanes) is 3. The zero-order chi connectivity index (χ0) is 11.8. The predicted molar refractivity (Wildman–Crippen MR) is 65.0 cm³/mol. The van der Waals surface area contributed by atoms with E-state index in [-0.39, 0.29) is 5.91 Å². The lowest BCUT2D eigenvalue weighted by molar-refractivity contribution is 0.0952. The van der Waals surface area contributed by atoms with Crippen LogP contribution in [0.4, 0.5) is 0 Å². The first-order valence-corrected chi connectivity index (χ1v) is 6.17. The van der Waals surface area contributed by atoms with Gasteiger partial charge in [0.15, 0.2) is 0 Å². The molecule has 0 spiro atoms. The fraction of sp³-hybridized carbons (Fsp3) is 0.583. The third-order valence-corrected chi connectivity index (χ3v) is 2.61. The summed E-state index contributed by atoms with van der Waals surface area (Å²) in [5.74, 6) is 1.42. The summed E-state index contributed by atoms with van der Waals surface area (Å²) in [6, 6.07) is 1.74. The van der Waals surface area contributed by atoms with Crippen LogP contribution in [0.25, 0.3) is 0 Å². The predicted octanol–water partition coefficient (Wildman–Crippen LogP) is 3.12. The number of halogens is 1. The van der Waals surface area contributed by atoms with Gasteiger partial charge >= 0.3 is 0 Å². The maximum Gasteiger partial charge on any atom is 0.254 e. The van der Waals surface area contributed by atoms with Gasteiger partial charge in [-0.25, -0.2) is 0 Å². The monoisotopic (exact) mass is 243 g/mol. The molecule has 0 saturated carbocycles. The van der Waals surface area contributed by atoms with E-state index in [2.05, 4.69) is 5.32 Å². The molecule has 0 atom stereocenters. The molecular weight excluding hydrogens is 226 g/mol. The minimum atomic E-state index is -0.0609. The Morgan fingerprint density at radius 3 is 2.75 bits per heavy atom.